The Morgan fingerprint density at radius 2 is 1.95 bits per heavy atom. The molecule has 3 aromatic rings. The van der Waals surface area contributed by atoms with Crippen molar-refractivity contribution in [3.05, 3.63) is 54.1 Å². The summed E-state index contributed by atoms with van der Waals surface area (Å²) in [5.74, 6) is 0.812. The highest BCUT2D eigenvalue weighted by Crippen LogP contribution is 2.35. The molecule has 2 nitrogen and oxygen atoms in total. The van der Waals surface area contributed by atoms with Crippen LogP contribution in [0.3, 0.4) is 0 Å². The molecule has 0 amide bonds. The van der Waals surface area contributed by atoms with Crippen LogP contribution in [0.1, 0.15) is 12.5 Å². The Morgan fingerprint density at radius 1 is 1.10 bits per heavy atom. The Labute approximate surface area is 122 Å². The largest absolute Gasteiger partial charge is 0.494 e. The number of aliphatic hydroxyl groups is 1. The predicted molar refractivity (Wildman–Crippen MR) is 84.4 cm³/mol. The maximum atomic E-state index is 9.39. The van der Waals surface area contributed by atoms with Gasteiger partial charge in [-0.05, 0) is 53.8 Å². The van der Waals surface area contributed by atoms with Gasteiger partial charge in [-0.3, -0.25) is 0 Å². The smallest absolute Gasteiger partial charge is 0.120 e. The fourth-order valence-corrected chi connectivity index (χ4v) is 3.32. The summed E-state index contributed by atoms with van der Waals surface area (Å²) in [6, 6.07) is 16.5. The number of rotatable bonds is 4. The van der Waals surface area contributed by atoms with Crippen molar-refractivity contribution < 1.29 is 9.84 Å². The van der Waals surface area contributed by atoms with Gasteiger partial charge in [0.15, 0.2) is 0 Å². The SMILES string of the molecule is CCOc1cc(CO)cc(-c2cc3ccccc3s2)c1. The normalized spacial score (nSPS) is 10.9. The zero-order chi connectivity index (χ0) is 13.9. The third-order valence-corrected chi connectivity index (χ3v) is 4.34. The fraction of sp³-hybridized carbons (Fsp3) is 0.176. The van der Waals surface area contributed by atoms with Crippen LogP contribution in [0.5, 0.6) is 5.75 Å². The summed E-state index contributed by atoms with van der Waals surface area (Å²) in [7, 11) is 0. The minimum absolute atomic E-state index is 0.0266. The van der Waals surface area contributed by atoms with Crippen molar-refractivity contribution in [3.63, 3.8) is 0 Å². The second-order valence-electron chi connectivity index (χ2n) is 4.61. The van der Waals surface area contributed by atoms with Crippen LogP contribution >= 0.6 is 11.3 Å². The highest BCUT2D eigenvalue weighted by Gasteiger charge is 2.07. The molecule has 3 heteroatoms. The van der Waals surface area contributed by atoms with Crippen molar-refractivity contribution in [3.8, 4) is 16.2 Å². The van der Waals surface area contributed by atoms with Gasteiger partial charge in [-0.15, -0.1) is 11.3 Å². The van der Waals surface area contributed by atoms with Crippen LogP contribution in [-0.2, 0) is 6.61 Å². The first-order valence-electron chi connectivity index (χ1n) is 6.66. The number of hydrogen-bond acceptors (Lipinski definition) is 3. The lowest BCUT2D eigenvalue weighted by Crippen LogP contribution is -1.93. The number of ether oxygens (including phenoxy) is 1. The molecule has 2 aromatic carbocycles. The van der Waals surface area contributed by atoms with Crippen molar-refractivity contribution in [1.82, 2.24) is 0 Å². The quantitative estimate of drug-likeness (QED) is 0.766. The minimum Gasteiger partial charge on any atom is -0.494 e. The number of benzene rings is 2. The van der Waals surface area contributed by atoms with Crippen LogP contribution in [-0.4, -0.2) is 11.7 Å². The van der Waals surface area contributed by atoms with E-state index in [9.17, 15) is 5.11 Å². The van der Waals surface area contributed by atoms with E-state index >= 15 is 0 Å². The molecular formula is C17H16O2S. The molecule has 1 N–H and O–H groups in total. The van der Waals surface area contributed by atoms with Crippen LogP contribution in [0.2, 0.25) is 0 Å². The first-order valence-corrected chi connectivity index (χ1v) is 7.48. The van der Waals surface area contributed by atoms with E-state index in [2.05, 4.69) is 30.3 Å². The standard InChI is InChI=1S/C17H16O2S/c1-2-19-15-8-12(11-18)7-14(9-15)17-10-13-5-3-4-6-16(13)20-17/h3-10,18H,2,11H2,1H3. The molecule has 102 valence electrons. The molecule has 0 fully saturated rings. The van der Waals surface area contributed by atoms with Gasteiger partial charge in [-0.1, -0.05) is 18.2 Å². The van der Waals surface area contributed by atoms with Crippen LogP contribution in [0, 0.1) is 0 Å². The summed E-state index contributed by atoms with van der Waals surface area (Å²) < 4.78 is 6.85. The molecule has 0 radical (unpaired) electrons. The Morgan fingerprint density at radius 3 is 2.70 bits per heavy atom. The van der Waals surface area contributed by atoms with Gasteiger partial charge in [0, 0.05) is 9.58 Å². The molecule has 0 saturated heterocycles. The van der Waals surface area contributed by atoms with Gasteiger partial charge in [-0.25, -0.2) is 0 Å². The van der Waals surface area contributed by atoms with Gasteiger partial charge < -0.3 is 9.84 Å². The van der Waals surface area contributed by atoms with Gasteiger partial charge in [0.25, 0.3) is 0 Å². The third-order valence-electron chi connectivity index (χ3n) is 3.17. The molecule has 3 rings (SSSR count). The zero-order valence-corrected chi connectivity index (χ0v) is 12.1. The Bertz CT molecular complexity index is 698. The fourth-order valence-electron chi connectivity index (χ4n) is 2.27. The summed E-state index contributed by atoms with van der Waals surface area (Å²) in [6.07, 6.45) is 0. The molecule has 0 atom stereocenters. The monoisotopic (exact) mass is 284 g/mol. The van der Waals surface area contributed by atoms with E-state index in [1.807, 2.05) is 25.1 Å². The van der Waals surface area contributed by atoms with Crippen LogP contribution < -0.4 is 4.74 Å². The van der Waals surface area contributed by atoms with Crippen LogP contribution in [0.25, 0.3) is 20.5 Å². The van der Waals surface area contributed by atoms with Crippen molar-refractivity contribution in [2.24, 2.45) is 0 Å². The highest BCUT2D eigenvalue weighted by molar-refractivity contribution is 7.22. The van der Waals surface area contributed by atoms with Gasteiger partial charge in [0.1, 0.15) is 5.75 Å². The molecule has 0 aliphatic heterocycles. The lowest BCUT2D eigenvalue weighted by Gasteiger charge is -2.08. The topological polar surface area (TPSA) is 29.5 Å². The summed E-state index contributed by atoms with van der Waals surface area (Å²) in [6.45, 7) is 2.62. The summed E-state index contributed by atoms with van der Waals surface area (Å²) in [4.78, 5) is 1.20. The maximum Gasteiger partial charge on any atom is 0.120 e. The summed E-state index contributed by atoms with van der Waals surface area (Å²) in [5.41, 5.74) is 1.98. The number of hydrogen-bond donors (Lipinski definition) is 1. The van der Waals surface area contributed by atoms with E-state index in [1.165, 1.54) is 15.0 Å². The second-order valence-corrected chi connectivity index (χ2v) is 5.69. The summed E-state index contributed by atoms with van der Waals surface area (Å²) in [5, 5.41) is 10.6. The molecule has 0 aliphatic carbocycles. The first kappa shape index (κ1) is 13.2. The molecule has 20 heavy (non-hydrogen) atoms. The maximum absolute atomic E-state index is 9.39. The average Bonchev–Trinajstić information content (AvgIpc) is 2.91. The average molecular weight is 284 g/mol. The lowest BCUT2D eigenvalue weighted by atomic mass is 10.1. The Balaban J connectivity index is 2.09. The molecule has 0 spiro atoms. The number of aliphatic hydroxyl groups excluding tert-OH is 1. The van der Waals surface area contributed by atoms with Gasteiger partial charge in [-0.2, -0.15) is 0 Å². The second kappa shape index (κ2) is 5.65. The third kappa shape index (κ3) is 2.55. The van der Waals surface area contributed by atoms with E-state index in [-0.39, 0.29) is 6.61 Å². The van der Waals surface area contributed by atoms with Crippen molar-refractivity contribution in [2.45, 2.75) is 13.5 Å². The molecule has 0 aliphatic rings. The number of fused-ring (bicyclic) bond motifs is 1. The van der Waals surface area contributed by atoms with Crippen LogP contribution in [0.15, 0.2) is 48.5 Å². The molecule has 0 bridgehead atoms. The Kier molecular flexibility index (Phi) is 3.72. The van der Waals surface area contributed by atoms with E-state index < -0.39 is 0 Å². The van der Waals surface area contributed by atoms with Gasteiger partial charge in [0.2, 0.25) is 0 Å². The van der Waals surface area contributed by atoms with E-state index in [4.69, 9.17) is 4.74 Å². The zero-order valence-electron chi connectivity index (χ0n) is 11.3. The molecular weight excluding hydrogens is 268 g/mol. The highest BCUT2D eigenvalue weighted by atomic mass is 32.1. The lowest BCUT2D eigenvalue weighted by molar-refractivity contribution is 0.280. The first-order chi connectivity index (χ1) is 9.80. The Hall–Kier alpha value is -1.84. The van der Waals surface area contributed by atoms with Gasteiger partial charge in [0.05, 0.1) is 13.2 Å². The van der Waals surface area contributed by atoms with Gasteiger partial charge >= 0.3 is 0 Å². The van der Waals surface area contributed by atoms with E-state index in [0.717, 1.165) is 16.9 Å². The van der Waals surface area contributed by atoms with E-state index in [1.54, 1.807) is 11.3 Å². The van der Waals surface area contributed by atoms with Crippen LogP contribution in [0.4, 0.5) is 0 Å². The van der Waals surface area contributed by atoms with Crippen molar-refractivity contribution in [1.29, 1.82) is 0 Å². The van der Waals surface area contributed by atoms with Crippen molar-refractivity contribution in [2.75, 3.05) is 6.61 Å². The minimum atomic E-state index is 0.0266. The van der Waals surface area contributed by atoms with E-state index in [0.29, 0.717) is 6.61 Å². The number of thiophene rings is 1. The predicted octanol–water partition coefficient (Wildman–Crippen LogP) is 4.46. The molecule has 0 unspecified atom stereocenters. The van der Waals surface area contributed by atoms with Crippen molar-refractivity contribution >= 4 is 21.4 Å². The molecule has 1 aromatic heterocycles. The molecule has 0 saturated carbocycles. The molecule has 1 heterocycles. The summed E-state index contributed by atoms with van der Waals surface area (Å²) >= 11 is 1.76.